The van der Waals surface area contributed by atoms with Gasteiger partial charge in [0.05, 0.1) is 10.9 Å². The molecule has 0 unspecified atom stereocenters. The van der Waals surface area contributed by atoms with Crippen LogP contribution in [0.15, 0.2) is 12.5 Å². The summed E-state index contributed by atoms with van der Waals surface area (Å²) in [6, 6.07) is 2.15. The summed E-state index contributed by atoms with van der Waals surface area (Å²) in [7, 11) is 0. The molecule has 3 heterocycles. The van der Waals surface area contributed by atoms with Gasteiger partial charge in [-0.25, -0.2) is 14.4 Å². The van der Waals surface area contributed by atoms with Crippen LogP contribution in [-0.4, -0.2) is 34.2 Å². The minimum atomic E-state index is -0.630. The normalized spacial score (nSPS) is 21.2. The van der Waals surface area contributed by atoms with Gasteiger partial charge in [-0.1, -0.05) is 0 Å². The minimum Gasteiger partial charge on any atom is -0.355 e. The highest BCUT2D eigenvalue weighted by molar-refractivity contribution is 5.93. The standard InChI is InChI=1S/C13H12FN5/c14-9-1-13(2-9)5-19(6-13)12-10-8(3-15)4-16-11(10)17-7-18-12/h4,7,9H,1-2,5-6H2,(H,16,17,18). The van der Waals surface area contributed by atoms with Crippen LogP contribution in [0, 0.1) is 16.7 Å². The fourth-order valence-corrected chi connectivity index (χ4v) is 3.33. The second-order valence-electron chi connectivity index (χ2n) is 5.60. The van der Waals surface area contributed by atoms with Crippen LogP contribution >= 0.6 is 0 Å². The average molecular weight is 257 g/mol. The molecule has 2 aliphatic rings. The number of nitrogens with one attached hydrogen (secondary N) is 1. The maximum Gasteiger partial charge on any atom is 0.144 e. The molecule has 1 spiro atoms. The molecule has 1 aliphatic carbocycles. The molecule has 0 amide bonds. The number of nitrogens with zero attached hydrogens (tertiary/aromatic N) is 4. The van der Waals surface area contributed by atoms with Crippen molar-refractivity contribution in [2.45, 2.75) is 19.0 Å². The van der Waals surface area contributed by atoms with E-state index in [9.17, 15) is 4.39 Å². The molecule has 1 saturated heterocycles. The van der Waals surface area contributed by atoms with E-state index in [2.05, 4.69) is 25.9 Å². The first-order valence-electron chi connectivity index (χ1n) is 6.32. The number of hydrogen-bond acceptors (Lipinski definition) is 4. The number of nitriles is 1. The number of hydrogen-bond donors (Lipinski definition) is 1. The van der Waals surface area contributed by atoms with E-state index in [0.717, 1.165) is 24.3 Å². The zero-order valence-electron chi connectivity index (χ0n) is 10.2. The monoisotopic (exact) mass is 257 g/mol. The summed E-state index contributed by atoms with van der Waals surface area (Å²) < 4.78 is 13.0. The minimum absolute atomic E-state index is 0.153. The molecule has 0 aromatic carbocycles. The van der Waals surface area contributed by atoms with Crippen LogP contribution in [0.5, 0.6) is 0 Å². The van der Waals surface area contributed by atoms with Gasteiger partial charge >= 0.3 is 0 Å². The first-order chi connectivity index (χ1) is 9.21. The summed E-state index contributed by atoms with van der Waals surface area (Å²) in [6.45, 7) is 1.66. The smallest absolute Gasteiger partial charge is 0.144 e. The van der Waals surface area contributed by atoms with Crippen LogP contribution in [0.1, 0.15) is 18.4 Å². The lowest BCUT2D eigenvalue weighted by Gasteiger charge is -2.57. The summed E-state index contributed by atoms with van der Waals surface area (Å²) in [5, 5.41) is 9.90. The molecule has 19 heavy (non-hydrogen) atoms. The Kier molecular flexibility index (Phi) is 1.94. The van der Waals surface area contributed by atoms with Crippen molar-refractivity contribution in [2.24, 2.45) is 5.41 Å². The van der Waals surface area contributed by atoms with Gasteiger partial charge in [0.15, 0.2) is 0 Å². The summed E-state index contributed by atoms with van der Waals surface area (Å²) in [5.41, 5.74) is 1.39. The highest BCUT2D eigenvalue weighted by atomic mass is 19.1. The van der Waals surface area contributed by atoms with Gasteiger partial charge in [-0.2, -0.15) is 5.26 Å². The van der Waals surface area contributed by atoms with Crippen molar-refractivity contribution in [1.82, 2.24) is 15.0 Å². The van der Waals surface area contributed by atoms with E-state index in [-0.39, 0.29) is 5.41 Å². The maximum absolute atomic E-state index is 13.0. The van der Waals surface area contributed by atoms with Crippen LogP contribution in [0.4, 0.5) is 10.2 Å². The van der Waals surface area contributed by atoms with Gasteiger partial charge in [0.1, 0.15) is 30.0 Å². The Morgan fingerprint density at radius 2 is 2.21 bits per heavy atom. The molecular formula is C13H12FN5. The van der Waals surface area contributed by atoms with Gasteiger partial charge in [0.2, 0.25) is 0 Å². The number of rotatable bonds is 1. The highest BCUT2D eigenvalue weighted by Crippen LogP contribution is 2.51. The third kappa shape index (κ3) is 1.38. The van der Waals surface area contributed by atoms with Crippen LogP contribution in [0.25, 0.3) is 11.0 Å². The van der Waals surface area contributed by atoms with Crippen molar-refractivity contribution in [3.8, 4) is 6.07 Å². The fourth-order valence-electron chi connectivity index (χ4n) is 3.33. The van der Waals surface area contributed by atoms with E-state index in [1.165, 1.54) is 6.33 Å². The van der Waals surface area contributed by atoms with Crippen LogP contribution < -0.4 is 4.90 Å². The highest BCUT2D eigenvalue weighted by Gasteiger charge is 2.53. The van der Waals surface area contributed by atoms with Crippen molar-refractivity contribution < 1.29 is 4.39 Å². The SMILES string of the molecule is N#Cc1c[nH]c2ncnc(N3CC4(CC(F)C4)C3)c12. The molecule has 96 valence electrons. The average Bonchev–Trinajstić information content (AvgIpc) is 2.75. The van der Waals surface area contributed by atoms with Gasteiger partial charge < -0.3 is 9.88 Å². The Morgan fingerprint density at radius 1 is 1.42 bits per heavy atom. The summed E-state index contributed by atoms with van der Waals surface area (Å²) in [5.74, 6) is 0.788. The fraction of sp³-hybridized carbons (Fsp3) is 0.462. The molecule has 2 aromatic rings. The molecule has 2 aromatic heterocycles. The first kappa shape index (κ1) is 10.7. The van der Waals surface area contributed by atoms with E-state index in [1.807, 2.05) is 0 Å². The van der Waals surface area contributed by atoms with Gasteiger partial charge in [0.25, 0.3) is 0 Å². The van der Waals surface area contributed by atoms with E-state index < -0.39 is 6.17 Å². The topological polar surface area (TPSA) is 68.6 Å². The molecule has 1 aliphatic heterocycles. The predicted molar refractivity (Wildman–Crippen MR) is 67.4 cm³/mol. The zero-order valence-corrected chi connectivity index (χ0v) is 10.2. The molecule has 4 rings (SSSR count). The second-order valence-corrected chi connectivity index (χ2v) is 5.60. The Morgan fingerprint density at radius 3 is 2.89 bits per heavy atom. The lowest BCUT2D eigenvalue weighted by molar-refractivity contribution is 0.000591. The van der Waals surface area contributed by atoms with Gasteiger partial charge in [-0.15, -0.1) is 0 Å². The van der Waals surface area contributed by atoms with E-state index in [1.54, 1.807) is 6.20 Å². The van der Waals surface area contributed by atoms with Crippen molar-refractivity contribution in [2.75, 3.05) is 18.0 Å². The largest absolute Gasteiger partial charge is 0.355 e. The summed E-state index contributed by atoms with van der Waals surface area (Å²) in [6.07, 6.45) is 3.85. The van der Waals surface area contributed by atoms with Gasteiger partial charge in [-0.3, -0.25) is 0 Å². The van der Waals surface area contributed by atoms with Gasteiger partial charge in [-0.05, 0) is 12.8 Å². The number of anilines is 1. The predicted octanol–water partition coefficient (Wildman–Crippen LogP) is 1.77. The first-order valence-corrected chi connectivity index (χ1v) is 6.32. The number of aromatic nitrogens is 3. The third-order valence-electron chi connectivity index (χ3n) is 4.23. The summed E-state index contributed by atoms with van der Waals surface area (Å²) >= 11 is 0. The molecule has 5 nitrogen and oxygen atoms in total. The molecule has 0 bridgehead atoms. The van der Waals surface area contributed by atoms with Crippen LogP contribution in [-0.2, 0) is 0 Å². The lowest BCUT2D eigenvalue weighted by atomic mass is 9.62. The molecular weight excluding hydrogens is 245 g/mol. The number of halogens is 1. The zero-order chi connectivity index (χ0) is 13.0. The Balaban J connectivity index is 1.69. The lowest BCUT2D eigenvalue weighted by Crippen LogP contribution is -2.63. The number of aromatic amines is 1. The number of alkyl halides is 1. The molecule has 0 radical (unpaired) electrons. The molecule has 1 N–H and O–H groups in total. The van der Waals surface area contributed by atoms with Crippen molar-refractivity contribution in [3.63, 3.8) is 0 Å². The molecule has 6 heteroatoms. The molecule has 0 atom stereocenters. The quantitative estimate of drug-likeness (QED) is 0.845. The second kappa shape index (κ2) is 3.44. The van der Waals surface area contributed by atoms with Crippen molar-refractivity contribution in [3.05, 3.63) is 18.1 Å². The Hall–Kier alpha value is -2.16. The number of H-pyrrole nitrogens is 1. The molecule has 1 saturated carbocycles. The third-order valence-corrected chi connectivity index (χ3v) is 4.23. The van der Waals surface area contributed by atoms with Crippen LogP contribution in [0.2, 0.25) is 0 Å². The van der Waals surface area contributed by atoms with Crippen LogP contribution in [0.3, 0.4) is 0 Å². The molecule has 2 fully saturated rings. The van der Waals surface area contributed by atoms with Crippen molar-refractivity contribution in [1.29, 1.82) is 5.26 Å². The number of fused-ring (bicyclic) bond motifs is 1. The Labute approximate surface area is 109 Å². The van der Waals surface area contributed by atoms with Gasteiger partial charge in [0, 0.05) is 24.7 Å². The van der Waals surface area contributed by atoms with Crippen molar-refractivity contribution >= 4 is 16.9 Å². The van der Waals surface area contributed by atoms with E-state index in [4.69, 9.17) is 5.26 Å². The van der Waals surface area contributed by atoms with E-state index in [0.29, 0.717) is 24.1 Å². The van der Waals surface area contributed by atoms with E-state index >= 15 is 0 Å². The maximum atomic E-state index is 13.0. The summed E-state index contributed by atoms with van der Waals surface area (Å²) in [4.78, 5) is 13.5. The Bertz CT molecular complexity index is 687.